The highest BCUT2D eigenvalue weighted by atomic mass is 35.5. The van der Waals surface area contributed by atoms with E-state index in [9.17, 15) is 13.6 Å². The lowest BCUT2D eigenvalue weighted by Crippen LogP contribution is -2.16. The van der Waals surface area contributed by atoms with E-state index in [1.807, 2.05) is 0 Å². The van der Waals surface area contributed by atoms with Gasteiger partial charge in [0.05, 0.1) is 22.0 Å². The van der Waals surface area contributed by atoms with Gasteiger partial charge in [0.1, 0.15) is 11.6 Å². The first-order valence-electron chi connectivity index (χ1n) is 5.30. The molecule has 98 valence electrons. The number of hydrogen-bond acceptors (Lipinski definition) is 2. The number of carbonyl (C=O) groups excluding carboxylic acids is 1. The number of amides is 1. The van der Waals surface area contributed by atoms with E-state index in [4.69, 9.17) is 17.3 Å². The van der Waals surface area contributed by atoms with E-state index < -0.39 is 17.5 Å². The van der Waals surface area contributed by atoms with Crippen molar-refractivity contribution >= 4 is 28.9 Å². The highest BCUT2D eigenvalue weighted by molar-refractivity contribution is 6.34. The molecular weight excluding hydrogens is 274 g/mol. The SMILES string of the molecule is Nc1c(F)cccc1C(=O)Nc1c(F)cccc1Cl. The molecule has 2 aromatic carbocycles. The Morgan fingerprint density at radius 2 is 1.74 bits per heavy atom. The number of nitrogens with two attached hydrogens (primary N) is 1. The number of para-hydroxylation sites is 2. The van der Waals surface area contributed by atoms with Crippen LogP contribution in [0.15, 0.2) is 36.4 Å². The van der Waals surface area contributed by atoms with Crippen molar-refractivity contribution in [2.75, 3.05) is 11.1 Å². The Kier molecular flexibility index (Phi) is 3.66. The van der Waals surface area contributed by atoms with Gasteiger partial charge >= 0.3 is 0 Å². The third-order valence-corrected chi connectivity index (χ3v) is 2.81. The molecule has 0 saturated heterocycles. The lowest BCUT2D eigenvalue weighted by Gasteiger charge is -2.10. The monoisotopic (exact) mass is 282 g/mol. The summed E-state index contributed by atoms with van der Waals surface area (Å²) in [6.45, 7) is 0. The van der Waals surface area contributed by atoms with Crippen LogP contribution in [0.5, 0.6) is 0 Å². The highest BCUT2D eigenvalue weighted by Crippen LogP contribution is 2.26. The smallest absolute Gasteiger partial charge is 0.257 e. The lowest BCUT2D eigenvalue weighted by atomic mass is 10.1. The predicted molar refractivity (Wildman–Crippen MR) is 70.2 cm³/mol. The average Bonchev–Trinajstić information content (AvgIpc) is 2.37. The number of halogens is 3. The fourth-order valence-corrected chi connectivity index (χ4v) is 1.74. The zero-order valence-corrected chi connectivity index (χ0v) is 10.3. The molecule has 1 amide bonds. The number of anilines is 2. The van der Waals surface area contributed by atoms with Crippen LogP contribution in [0.1, 0.15) is 10.4 Å². The van der Waals surface area contributed by atoms with Crippen LogP contribution in [0, 0.1) is 11.6 Å². The molecule has 0 unspecified atom stereocenters. The summed E-state index contributed by atoms with van der Waals surface area (Å²) in [7, 11) is 0. The van der Waals surface area contributed by atoms with Gasteiger partial charge in [-0.1, -0.05) is 23.7 Å². The van der Waals surface area contributed by atoms with E-state index >= 15 is 0 Å². The zero-order valence-electron chi connectivity index (χ0n) is 9.58. The van der Waals surface area contributed by atoms with Crippen molar-refractivity contribution in [2.24, 2.45) is 0 Å². The average molecular weight is 283 g/mol. The molecule has 0 aliphatic rings. The molecule has 0 bridgehead atoms. The molecule has 3 N–H and O–H groups in total. The molecule has 6 heteroatoms. The molecule has 0 heterocycles. The predicted octanol–water partition coefficient (Wildman–Crippen LogP) is 3.45. The first-order chi connectivity index (χ1) is 9.00. The third kappa shape index (κ3) is 2.66. The number of hydrogen-bond donors (Lipinski definition) is 2. The molecule has 2 rings (SSSR count). The summed E-state index contributed by atoms with van der Waals surface area (Å²) in [5.41, 5.74) is 4.90. The number of nitrogen functional groups attached to an aromatic ring is 1. The second-order valence-electron chi connectivity index (χ2n) is 3.75. The molecule has 0 aliphatic heterocycles. The second-order valence-corrected chi connectivity index (χ2v) is 4.16. The molecule has 0 spiro atoms. The highest BCUT2D eigenvalue weighted by Gasteiger charge is 2.16. The van der Waals surface area contributed by atoms with Gasteiger partial charge in [-0.2, -0.15) is 0 Å². The van der Waals surface area contributed by atoms with E-state index in [0.29, 0.717) is 0 Å². The Bertz CT molecular complexity index is 626. The maximum Gasteiger partial charge on any atom is 0.257 e. The number of nitrogens with one attached hydrogen (secondary N) is 1. The van der Waals surface area contributed by atoms with Crippen molar-refractivity contribution in [1.82, 2.24) is 0 Å². The van der Waals surface area contributed by atoms with Crippen molar-refractivity contribution in [3.05, 3.63) is 58.6 Å². The van der Waals surface area contributed by atoms with Gasteiger partial charge in [-0.25, -0.2) is 8.78 Å². The Hall–Kier alpha value is -2.14. The fourth-order valence-electron chi connectivity index (χ4n) is 1.53. The summed E-state index contributed by atoms with van der Waals surface area (Å²) in [6.07, 6.45) is 0. The molecule has 0 radical (unpaired) electrons. The summed E-state index contributed by atoms with van der Waals surface area (Å²) in [5.74, 6) is -2.13. The maximum atomic E-state index is 13.5. The summed E-state index contributed by atoms with van der Waals surface area (Å²) in [6, 6.07) is 7.78. The first kappa shape index (κ1) is 13.3. The van der Waals surface area contributed by atoms with E-state index in [0.717, 1.165) is 12.1 Å². The lowest BCUT2D eigenvalue weighted by molar-refractivity contribution is 0.102. The van der Waals surface area contributed by atoms with Gasteiger partial charge in [-0.15, -0.1) is 0 Å². The van der Waals surface area contributed by atoms with Crippen LogP contribution in [0.3, 0.4) is 0 Å². The summed E-state index contributed by atoms with van der Waals surface area (Å²) in [4.78, 5) is 11.9. The van der Waals surface area contributed by atoms with Crippen LogP contribution in [0.25, 0.3) is 0 Å². The minimum atomic E-state index is -0.732. The summed E-state index contributed by atoms with van der Waals surface area (Å²) >= 11 is 5.77. The van der Waals surface area contributed by atoms with Gasteiger partial charge in [-0.3, -0.25) is 4.79 Å². The Balaban J connectivity index is 2.34. The molecule has 0 fully saturated rings. The normalized spacial score (nSPS) is 10.3. The molecule has 0 aromatic heterocycles. The minimum Gasteiger partial charge on any atom is -0.396 e. The van der Waals surface area contributed by atoms with Crippen molar-refractivity contribution in [2.45, 2.75) is 0 Å². The molecule has 19 heavy (non-hydrogen) atoms. The largest absolute Gasteiger partial charge is 0.396 e. The van der Waals surface area contributed by atoms with E-state index in [2.05, 4.69) is 5.32 Å². The number of rotatable bonds is 2. The fraction of sp³-hybridized carbons (Fsp3) is 0. The van der Waals surface area contributed by atoms with Crippen LogP contribution in [0.2, 0.25) is 5.02 Å². The van der Waals surface area contributed by atoms with Crippen molar-refractivity contribution < 1.29 is 13.6 Å². The quantitative estimate of drug-likeness (QED) is 0.829. The van der Waals surface area contributed by atoms with Crippen LogP contribution in [0.4, 0.5) is 20.2 Å². The van der Waals surface area contributed by atoms with Crippen LogP contribution in [-0.4, -0.2) is 5.91 Å². The zero-order chi connectivity index (χ0) is 14.0. The Morgan fingerprint density at radius 3 is 2.42 bits per heavy atom. The molecular formula is C13H9ClF2N2O. The molecule has 0 saturated carbocycles. The van der Waals surface area contributed by atoms with Crippen molar-refractivity contribution in [3.63, 3.8) is 0 Å². The number of benzene rings is 2. The molecule has 0 aliphatic carbocycles. The van der Waals surface area contributed by atoms with E-state index in [-0.39, 0.29) is 22.0 Å². The van der Waals surface area contributed by atoms with Crippen molar-refractivity contribution in [3.8, 4) is 0 Å². The van der Waals surface area contributed by atoms with Gasteiger partial charge < -0.3 is 11.1 Å². The topological polar surface area (TPSA) is 55.1 Å². The standard InChI is InChI=1S/C13H9ClF2N2O/c14-8-4-2-6-10(16)12(8)18-13(19)7-3-1-5-9(15)11(7)17/h1-6H,17H2,(H,18,19). The van der Waals surface area contributed by atoms with E-state index in [1.165, 1.54) is 24.3 Å². The van der Waals surface area contributed by atoms with Crippen LogP contribution < -0.4 is 11.1 Å². The van der Waals surface area contributed by atoms with E-state index in [1.54, 1.807) is 0 Å². The number of carbonyl (C=O) groups is 1. The molecule has 0 atom stereocenters. The van der Waals surface area contributed by atoms with Crippen LogP contribution >= 0.6 is 11.6 Å². The maximum absolute atomic E-state index is 13.5. The summed E-state index contributed by atoms with van der Waals surface area (Å²) in [5, 5.41) is 2.32. The second kappa shape index (κ2) is 5.24. The van der Waals surface area contributed by atoms with Gasteiger partial charge in [0.2, 0.25) is 0 Å². The Labute approximate surface area is 113 Å². The Morgan fingerprint density at radius 1 is 1.11 bits per heavy atom. The summed E-state index contributed by atoms with van der Waals surface area (Å²) < 4.78 is 26.7. The molecule has 3 nitrogen and oxygen atoms in total. The van der Waals surface area contributed by atoms with Gasteiger partial charge in [0, 0.05) is 0 Å². The first-order valence-corrected chi connectivity index (χ1v) is 5.68. The van der Waals surface area contributed by atoms with Crippen molar-refractivity contribution in [1.29, 1.82) is 0 Å². The minimum absolute atomic E-state index is 0.0447. The third-order valence-electron chi connectivity index (χ3n) is 2.50. The van der Waals surface area contributed by atoms with Gasteiger partial charge in [0.25, 0.3) is 5.91 Å². The van der Waals surface area contributed by atoms with Gasteiger partial charge in [-0.05, 0) is 24.3 Å². The molecule has 2 aromatic rings. The van der Waals surface area contributed by atoms with Gasteiger partial charge in [0.15, 0.2) is 0 Å². The van der Waals surface area contributed by atoms with Crippen LogP contribution in [-0.2, 0) is 0 Å².